The molecule has 1 atom stereocenters. The summed E-state index contributed by atoms with van der Waals surface area (Å²) in [5.74, 6) is 0.479. The lowest BCUT2D eigenvalue weighted by Crippen LogP contribution is -2.26. The van der Waals surface area contributed by atoms with Crippen molar-refractivity contribution in [3.63, 3.8) is 0 Å². The number of nitrogens with one attached hydrogen (secondary N) is 1. The molecule has 120 valence electrons. The fourth-order valence-corrected chi connectivity index (χ4v) is 4.14. The van der Waals surface area contributed by atoms with Crippen molar-refractivity contribution in [2.75, 3.05) is 18.6 Å². The summed E-state index contributed by atoms with van der Waals surface area (Å²) in [4.78, 5) is 0. The van der Waals surface area contributed by atoms with Gasteiger partial charge < -0.3 is 5.32 Å². The number of unbranched alkanes of at least 4 members (excludes halogenated alkanes) is 2. The maximum Gasteiger partial charge on any atom is 0.152 e. The summed E-state index contributed by atoms with van der Waals surface area (Å²) in [6.45, 7) is 4.24. The lowest BCUT2D eigenvalue weighted by atomic mass is 10.0. The van der Waals surface area contributed by atoms with E-state index >= 15 is 0 Å². The van der Waals surface area contributed by atoms with Gasteiger partial charge in [0.1, 0.15) is 0 Å². The quantitative estimate of drug-likeness (QED) is 0.673. The number of hydrogen-bond acceptors (Lipinski definition) is 3. The second kappa shape index (κ2) is 9.21. The van der Waals surface area contributed by atoms with Gasteiger partial charge in [-0.2, -0.15) is 0 Å². The topological polar surface area (TPSA) is 46.2 Å². The fraction of sp³-hybridized carbons (Fsp3) is 0.647. The zero-order valence-electron chi connectivity index (χ0n) is 13.6. The van der Waals surface area contributed by atoms with Gasteiger partial charge in [0.15, 0.2) is 9.84 Å². The van der Waals surface area contributed by atoms with E-state index in [4.69, 9.17) is 0 Å². The highest BCUT2D eigenvalue weighted by molar-refractivity contribution is 7.91. The number of rotatable bonds is 10. The van der Waals surface area contributed by atoms with E-state index in [2.05, 4.69) is 31.3 Å². The second-order valence-corrected chi connectivity index (χ2v) is 7.88. The summed E-state index contributed by atoms with van der Waals surface area (Å²) in [6.07, 6.45) is 4.99. The van der Waals surface area contributed by atoms with Crippen LogP contribution in [0.3, 0.4) is 0 Å². The first-order valence-electron chi connectivity index (χ1n) is 7.99. The van der Waals surface area contributed by atoms with Gasteiger partial charge in [0.2, 0.25) is 0 Å². The van der Waals surface area contributed by atoms with E-state index in [0.29, 0.717) is 5.75 Å². The van der Waals surface area contributed by atoms with E-state index in [1.54, 1.807) is 0 Å². The standard InChI is InChI=1S/C17H29NO2S/c1-4-6-7-13-21(19,20)14-17(18-3)16-11-9-15(8-5-2)10-12-16/h9-12,17-18H,4-8,13-14H2,1-3H3. The average molecular weight is 311 g/mol. The summed E-state index contributed by atoms with van der Waals surface area (Å²) in [5, 5.41) is 3.14. The summed E-state index contributed by atoms with van der Waals surface area (Å²) in [7, 11) is -1.17. The third-order valence-corrected chi connectivity index (χ3v) is 5.50. The summed E-state index contributed by atoms with van der Waals surface area (Å²) < 4.78 is 24.4. The van der Waals surface area contributed by atoms with Gasteiger partial charge >= 0.3 is 0 Å². The first kappa shape index (κ1) is 18.2. The molecule has 0 saturated heterocycles. The van der Waals surface area contributed by atoms with Crippen LogP contribution in [0.5, 0.6) is 0 Å². The Kier molecular flexibility index (Phi) is 7.97. The summed E-state index contributed by atoms with van der Waals surface area (Å²) in [6, 6.07) is 8.19. The Morgan fingerprint density at radius 2 is 1.71 bits per heavy atom. The molecule has 0 aliphatic rings. The lowest BCUT2D eigenvalue weighted by molar-refractivity contribution is 0.570. The molecule has 1 rings (SSSR count). The summed E-state index contributed by atoms with van der Waals surface area (Å²) in [5.41, 5.74) is 2.36. The van der Waals surface area contributed by atoms with Crippen molar-refractivity contribution in [2.45, 2.75) is 52.0 Å². The summed E-state index contributed by atoms with van der Waals surface area (Å²) >= 11 is 0. The lowest BCUT2D eigenvalue weighted by Gasteiger charge is -2.17. The minimum Gasteiger partial charge on any atom is -0.312 e. The Morgan fingerprint density at radius 1 is 1.05 bits per heavy atom. The molecule has 1 N–H and O–H groups in total. The third-order valence-electron chi connectivity index (χ3n) is 3.75. The van der Waals surface area contributed by atoms with Crippen LogP contribution in [-0.2, 0) is 16.3 Å². The number of aryl methyl sites for hydroxylation is 1. The van der Waals surface area contributed by atoms with Gasteiger partial charge in [-0.15, -0.1) is 0 Å². The zero-order valence-corrected chi connectivity index (χ0v) is 14.4. The van der Waals surface area contributed by atoms with Gasteiger partial charge in [0.05, 0.1) is 11.5 Å². The first-order chi connectivity index (χ1) is 10.0. The van der Waals surface area contributed by atoms with Crippen molar-refractivity contribution < 1.29 is 8.42 Å². The number of hydrogen-bond donors (Lipinski definition) is 1. The highest BCUT2D eigenvalue weighted by atomic mass is 32.2. The zero-order chi connectivity index (χ0) is 15.7. The average Bonchev–Trinajstić information content (AvgIpc) is 2.46. The van der Waals surface area contributed by atoms with Crippen molar-refractivity contribution in [1.29, 1.82) is 0 Å². The van der Waals surface area contributed by atoms with Crippen LogP contribution >= 0.6 is 0 Å². The predicted octanol–water partition coefficient (Wildman–Crippen LogP) is 3.50. The molecule has 0 spiro atoms. The Balaban J connectivity index is 2.69. The number of sulfone groups is 1. The molecule has 0 aromatic heterocycles. The third kappa shape index (κ3) is 6.62. The molecule has 3 nitrogen and oxygen atoms in total. The molecular weight excluding hydrogens is 282 g/mol. The van der Waals surface area contributed by atoms with Gasteiger partial charge in [-0.05, 0) is 31.0 Å². The second-order valence-electron chi connectivity index (χ2n) is 5.65. The van der Waals surface area contributed by atoms with Crippen LogP contribution in [0.15, 0.2) is 24.3 Å². The van der Waals surface area contributed by atoms with E-state index in [-0.39, 0.29) is 11.8 Å². The molecule has 0 heterocycles. The molecule has 21 heavy (non-hydrogen) atoms. The Morgan fingerprint density at radius 3 is 2.24 bits per heavy atom. The maximum atomic E-state index is 12.2. The van der Waals surface area contributed by atoms with E-state index < -0.39 is 9.84 Å². The van der Waals surface area contributed by atoms with Crippen LogP contribution in [0.1, 0.15) is 56.7 Å². The Labute approximate surface area is 130 Å². The molecule has 4 heteroatoms. The predicted molar refractivity (Wildman–Crippen MR) is 90.4 cm³/mol. The Hall–Kier alpha value is -0.870. The fourth-order valence-electron chi connectivity index (χ4n) is 2.46. The van der Waals surface area contributed by atoms with Crippen LogP contribution in [-0.4, -0.2) is 27.0 Å². The smallest absolute Gasteiger partial charge is 0.152 e. The first-order valence-corrected chi connectivity index (χ1v) is 9.81. The normalized spacial score (nSPS) is 13.3. The van der Waals surface area contributed by atoms with Crippen molar-refractivity contribution in [3.05, 3.63) is 35.4 Å². The van der Waals surface area contributed by atoms with Gasteiger partial charge in [0.25, 0.3) is 0 Å². The highest BCUT2D eigenvalue weighted by Crippen LogP contribution is 2.17. The Bertz CT molecular complexity index is 494. The molecular formula is C17H29NO2S. The molecule has 0 amide bonds. The molecule has 0 radical (unpaired) electrons. The van der Waals surface area contributed by atoms with Gasteiger partial charge in [-0.25, -0.2) is 8.42 Å². The molecule has 1 aromatic rings. The van der Waals surface area contributed by atoms with Crippen molar-refractivity contribution >= 4 is 9.84 Å². The van der Waals surface area contributed by atoms with Gasteiger partial charge in [-0.3, -0.25) is 0 Å². The van der Waals surface area contributed by atoms with Crippen molar-refractivity contribution in [1.82, 2.24) is 5.32 Å². The minimum atomic E-state index is -3.00. The van der Waals surface area contributed by atoms with Crippen LogP contribution < -0.4 is 5.32 Å². The maximum absolute atomic E-state index is 12.2. The van der Waals surface area contributed by atoms with Crippen LogP contribution in [0.25, 0.3) is 0 Å². The van der Waals surface area contributed by atoms with Crippen molar-refractivity contribution in [2.24, 2.45) is 0 Å². The molecule has 0 bridgehead atoms. The van der Waals surface area contributed by atoms with E-state index in [1.165, 1.54) is 5.56 Å². The molecule has 0 saturated carbocycles. The molecule has 0 fully saturated rings. The van der Waals surface area contributed by atoms with Gasteiger partial charge in [0, 0.05) is 6.04 Å². The number of benzene rings is 1. The molecule has 1 unspecified atom stereocenters. The molecule has 0 aliphatic carbocycles. The highest BCUT2D eigenvalue weighted by Gasteiger charge is 2.19. The van der Waals surface area contributed by atoms with E-state index in [0.717, 1.165) is 37.7 Å². The SMILES string of the molecule is CCCCCS(=O)(=O)CC(NC)c1ccc(CCC)cc1. The van der Waals surface area contributed by atoms with Crippen LogP contribution in [0.4, 0.5) is 0 Å². The van der Waals surface area contributed by atoms with Crippen LogP contribution in [0.2, 0.25) is 0 Å². The van der Waals surface area contributed by atoms with Crippen molar-refractivity contribution in [3.8, 4) is 0 Å². The van der Waals surface area contributed by atoms with E-state index in [1.807, 2.05) is 19.2 Å². The molecule has 0 aliphatic heterocycles. The largest absolute Gasteiger partial charge is 0.312 e. The van der Waals surface area contributed by atoms with Gasteiger partial charge in [-0.1, -0.05) is 57.4 Å². The minimum absolute atomic E-state index is 0.118. The van der Waals surface area contributed by atoms with Crippen LogP contribution in [0, 0.1) is 0 Å². The molecule has 1 aromatic carbocycles. The van der Waals surface area contributed by atoms with E-state index in [9.17, 15) is 8.42 Å². The monoisotopic (exact) mass is 311 g/mol.